The van der Waals surface area contributed by atoms with E-state index in [4.69, 9.17) is 9.47 Å². The van der Waals surface area contributed by atoms with Crippen LogP contribution < -0.4 is 10.1 Å². The molecule has 1 aromatic carbocycles. The zero-order chi connectivity index (χ0) is 13.7. The van der Waals surface area contributed by atoms with Gasteiger partial charge in [0.05, 0.1) is 12.7 Å². The summed E-state index contributed by atoms with van der Waals surface area (Å²) < 4.78 is 10.6. The first-order chi connectivity index (χ1) is 8.43. The Balaban J connectivity index is 2.83. The lowest BCUT2D eigenvalue weighted by Crippen LogP contribution is -2.18. The van der Waals surface area contributed by atoms with Crippen LogP contribution >= 0.6 is 0 Å². The van der Waals surface area contributed by atoms with Gasteiger partial charge in [0.15, 0.2) is 0 Å². The number of hydrogen-bond donors (Lipinski definition) is 1. The summed E-state index contributed by atoms with van der Waals surface area (Å²) in [6.45, 7) is 10.1. The van der Waals surface area contributed by atoms with Crippen LogP contribution in [0.4, 0.5) is 10.5 Å². The van der Waals surface area contributed by atoms with E-state index in [2.05, 4.69) is 5.32 Å². The first-order valence-electron chi connectivity index (χ1n) is 6.15. The number of anilines is 1. The Bertz CT molecular complexity index is 404. The lowest BCUT2D eigenvalue weighted by Gasteiger charge is -2.14. The zero-order valence-electron chi connectivity index (χ0n) is 11.7. The smallest absolute Gasteiger partial charge is 0.411 e. The average Bonchev–Trinajstić information content (AvgIpc) is 2.22. The highest BCUT2D eigenvalue weighted by Crippen LogP contribution is 2.27. The van der Waals surface area contributed by atoms with Gasteiger partial charge in [-0.3, -0.25) is 5.32 Å². The monoisotopic (exact) mass is 251 g/mol. The van der Waals surface area contributed by atoms with E-state index in [0.29, 0.717) is 6.61 Å². The third-order valence-electron chi connectivity index (χ3n) is 2.34. The molecule has 18 heavy (non-hydrogen) atoms. The fraction of sp³-hybridized carbons (Fsp3) is 0.500. The number of ether oxygens (including phenoxy) is 2. The summed E-state index contributed by atoms with van der Waals surface area (Å²) in [4.78, 5) is 11.5. The third-order valence-corrected chi connectivity index (χ3v) is 2.34. The number of benzene rings is 1. The molecule has 0 heterocycles. The molecular formula is C14H21NO3. The Labute approximate surface area is 108 Å². The van der Waals surface area contributed by atoms with E-state index in [0.717, 1.165) is 22.6 Å². The molecule has 0 saturated heterocycles. The van der Waals surface area contributed by atoms with Crippen molar-refractivity contribution >= 4 is 11.8 Å². The molecule has 0 aliphatic heterocycles. The van der Waals surface area contributed by atoms with Gasteiger partial charge in [0, 0.05) is 5.69 Å². The highest BCUT2D eigenvalue weighted by atomic mass is 16.6. The predicted octanol–water partition coefficient (Wildman–Crippen LogP) is 3.66. The molecule has 1 aromatic rings. The lowest BCUT2D eigenvalue weighted by atomic mass is 10.1. The highest BCUT2D eigenvalue weighted by Gasteiger charge is 2.09. The Kier molecular flexibility index (Phi) is 5.01. The van der Waals surface area contributed by atoms with Gasteiger partial charge < -0.3 is 9.47 Å². The van der Waals surface area contributed by atoms with Crippen molar-refractivity contribution in [2.45, 2.75) is 40.7 Å². The standard InChI is InChI=1S/C14H21NO3/c1-6-17-13-10(4)7-12(8-11(13)5)15-14(16)18-9(2)3/h7-9H,6H2,1-5H3,(H,15,16). The van der Waals surface area contributed by atoms with E-state index in [1.807, 2.05) is 46.8 Å². The lowest BCUT2D eigenvalue weighted by molar-refractivity contribution is 0.130. The Morgan fingerprint density at radius 1 is 1.28 bits per heavy atom. The van der Waals surface area contributed by atoms with Gasteiger partial charge in [-0.2, -0.15) is 0 Å². The second-order valence-corrected chi connectivity index (χ2v) is 4.45. The van der Waals surface area contributed by atoms with Crippen LogP contribution in [0.25, 0.3) is 0 Å². The van der Waals surface area contributed by atoms with Crippen LogP contribution in [0.5, 0.6) is 5.75 Å². The van der Waals surface area contributed by atoms with Crippen molar-refractivity contribution in [3.63, 3.8) is 0 Å². The number of hydrogen-bond acceptors (Lipinski definition) is 3. The predicted molar refractivity (Wildman–Crippen MR) is 72.3 cm³/mol. The molecule has 1 amide bonds. The molecule has 0 saturated carbocycles. The SMILES string of the molecule is CCOc1c(C)cc(NC(=O)OC(C)C)cc1C. The van der Waals surface area contributed by atoms with E-state index in [-0.39, 0.29) is 6.10 Å². The quantitative estimate of drug-likeness (QED) is 0.888. The molecule has 0 fully saturated rings. The molecule has 0 atom stereocenters. The molecule has 0 aliphatic carbocycles. The largest absolute Gasteiger partial charge is 0.493 e. The van der Waals surface area contributed by atoms with Crippen molar-refractivity contribution in [3.8, 4) is 5.75 Å². The van der Waals surface area contributed by atoms with Crippen LogP contribution in [0.2, 0.25) is 0 Å². The Morgan fingerprint density at radius 3 is 2.28 bits per heavy atom. The molecular weight excluding hydrogens is 230 g/mol. The summed E-state index contributed by atoms with van der Waals surface area (Å²) in [5, 5.41) is 2.71. The van der Waals surface area contributed by atoms with Crippen LogP contribution in [0.1, 0.15) is 31.9 Å². The number of aryl methyl sites for hydroxylation is 2. The number of rotatable bonds is 4. The van der Waals surface area contributed by atoms with Crippen molar-refractivity contribution in [3.05, 3.63) is 23.3 Å². The van der Waals surface area contributed by atoms with Crippen LogP contribution in [0.15, 0.2) is 12.1 Å². The zero-order valence-corrected chi connectivity index (χ0v) is 11.7. The van der Waals surface area contributed by atoms with Gasteiger partial charge >= 0.3 is 6.09 Å². The van der Waals surface area contributed by atoms with Gasteiger partial charge in [-0.25, -0.2) is 4.79 Å². The van der Waals surface area contributed by atoms with Crippen LogP contribution in [0, 0.1) is 13.8 Å². The molecule has 0 aliphatic rings. The molecule has 0 spiro atoms. The van der Waals surface area contributed by atoms with Gasteiger partial charge in [0.25, 0.3) is 0 Å². The van der Waals surface area contributed by atoms with Crippen molar-refractivity contribution in [2.75, 3.05) is 11.9 Å². The first kappa shape index (κ1) is 14.4. The van der Waals surface area contributed by atoms with Crippen LogP contribution in [-0.4, -0.2) is 18.8 Å². The summed E-state index contributed by atoms with van der Waals surface area (Å²) in [5.41, 5.74) is 2.72. The highest BCUT2D eigenvalue weighted by molar-refractivity contribution is 5.85. The minimum absolute atomic E-state index is 0.130. The maximum Gasteiger partial charge on any atom is 0.411 e. The summed E-state index contributed by atoms with van der Waals surface area (Å²) >= 11 is 0. The van der Waals surface area contributed by atoms with E-state index in [9.17, 15) is 4.79 Å². The first-order valence-corrected chi connectivity index (χ1v) is 6.15. The van der Waals surface area contributed by atoms with Crippen molar-refractivity contribution in [1.29, 1.82) is 0 Å². The molecule has 0 aromatic heterocycles. The fourth-order valence-corrected chi connectivity index (χ4v) is 1.76. The van der Waals surface area contributed by atoms with Gasteiger partial charge in [-0.1, -0.05) is 0 Å². The summed E-state index contributed by atoms with van der Waals surface area (Å²) in [5.74, 6) is 0.875. The van der Waals surface area contributed by atoms with Gasteiger partial charge in [-0.15, -0.1) is 0 Å². The van der Waals surface area contributed by atoms with E-state index >= 15 is 0 Å². The minimum Gasteiger partial charge on any atom is -0.493 e. The van der Waals surface area contributed by atoms with E-state index in [1.54, 1.807) is 0 Å². The normalized spacial score (nSPS) is 10.3. The Morgan fingerprint density at radius 2 is 1.83 bits per heavy atom. The molecule has 1 N–H and O–H groups in total. The van der Waals surface area contributed by atoms with Crippen molar-refractivity contribution in [1.82, 2.24) is 0 Å². The maximum absolute atomic E-state index is 11.5. The molecule has 100 valence electrons. The number of carbonyl (C=O) groups excluding carboxylic acids is 1. The molecule has 4 heteroatoms. The Hall–Kier alpha value is -1.71. The molecule has 1 rings (SSSR count). The van der Waals surface area contributed by atoms with Gasteiger partial charge in [0.2, 0.25) is 0 Å². The second-order valence-electron chi connectivity index (χ2n) is 4.45. The summed E-state index contributed by atoms with van der Waals surface area (Å²) in [6.07, 6.45) is -0.567. The maximum atomic E-state index is 11.5. The summed E-state index contributed by atoms with van der Waals surface area (Å²) in [7, 11) is 0. The van der Waals surface area contributed by atoms with E-state index < -0.39 is 6.09 Å². The topological polar surface area (TPSA) is 47.6 Å². The van der Waals surface area contributed by atoms with Gasteiger partial charge in [-0.05, 0) is 57.9 Å². The molecule has 4 nitrogen and oxygen atoms in total. The van der Waals surface area contributed by atoms with Crippen molar-refractivity contribution < 1.29 is 14.3 Å². The molecule has 0 bridgehead atoms. The number of amides is 1. The van der Waals surface area contributed by atoms with E-state index in [1.165, 1.54) is 0 Å². The molecule has 0 radical (unpaired) electrons. The van der Waals surface area contributed by atoms with Crippen LogP contribution in [-0.2, 0) is 4.74 Å². The summed E-state index contributed by atoms with van der Waals surface area (Å²) in [6, 6.07) is 3.75. The van der Waals surface area contributed by atoms with Crippen LogP contribution in [0.3, 0.4) is 0 Å². The average molecular weight is 251 g/mol. The fourth-order valence-electron chi connectivity index (χ4n) is 1.76. The van der Waals surface area contributed by atoms with Gasteiger partial charge in [0.1, 0.15) is 5.75 Å². The minimum atomic E-state index is -0.437. The molecule has 0 unspecified atom stereocenters. The number of carbonyl (C=O) groups is 1. The third kappa shape index (κ3) is 3.95. The number of nitrogens with one attached hydrogen (secondary N) is 1. The van der Waals surface area contributed by atoms with Crippen molar-refractivity contribution in [2.24, 2.45) is 0 Å². The second kappa shape index (κ2) is 6.28.